The number of ether oxygens (including phenoxy) is 1. The van der Waals surface area contributed by atoms with E-state index in [0.29, 0.717) is 5.92 Å². The van der Waals surface area contributed by atoms with Crippen molar-refractivity contribution in [3.63, 3.8) is 0 Å². The first-order valence-electron chi connectivity index (χ1n) is 7.69. The molecule has 0 saturated carbocycles. The minimum Gasteiger partial charge on any atom is -0.371 e. The molecule has 1 N–H and O–H groups in total. The number of nitrogens with one attached hydrogen (secondary N) is 1. The highest BCUT2D eigenvalue weighted by Crippen LogP contribution is 2.42. The van der Waals surface area contributed by atoms with Gasteiger partial charge in [0.05, 0.1) is 12.7 Å². The van der Waals surface area contributed by atoms with Crippen LogP contribution < -0.4 is 5.32 Å². The third-order valence-corrected chi connectivity index (χ3v) is 5.49. The molecule has 0 spiro atoms. The minimum absolute atomic E-state index is 0.178. The predicted octanol–water partition coefficient (Wildman–Crippen LogP) is 4.32. The number of thiophene rings is 1. The third-order valence-electron chi connectivity index (χ3n) is 4.44. The molecule has 2 heterocycles. The van der Waals surface area contributed by atoms with E-state index in [1.165, 1.54) is 26.8 Å². The van der Waals surface area contributed by atoms with E-state index in [4.69, 9.17) is 4.74 Å². The van der Waals surface area contributed by atoms with Crippen molar-refractivity contribution in [2.45, 2.75) is 12.0 Å². The van der Waals surface area contributed by atoms with Gasteiger partial charge in [0, 0.05) is 17.3 Å². The molecule has 3 aromatic rings. The maximum Gasteiger partial charge on any atom is 0.0960 e. The molecule has 0 aliphatic carbocycles. The molecule has 1 aromatic heterocycles. The summed E-state index contributed by atoms with van der Waals surface area (Å²) in [7, 11) is 1.98. The second-order valence-electron chi connectivity index (χ2n) is 5.74. The SMILES string of the molecule is CNCC1OCC(c2cccc3ccccc23)c2sccc21. The lowest BCUT2D eigenvalue weighted by atomic mass is 9.88. The van der Waals surface area contributed by atoms with Crippen molar-refractivity contribution in [2.24, 2.45) is 0 Å². The predicted molar refractivity (Wildman–Crippen MR) is 92.7 cm³/mol. The van der Waals surface area contributed by atoms with Gasteiger partial charge >= 0.3 is 0 Å². The Morgan fingerprint density at radius 2 is 1.95 bits per heavy atom. The minimum atomic E-state index is 0.178. The zero-order chi connectivity index (χ0) is 14.9. The molecule has 1 aliphatic heterocycles. The van der Waals surface area contributed by atoms with Crippen LogP contribution in [0.3, 0.4) is 0 Å². The van der Waals surface area contributed by atoms with Crippen molar-refractivity contribution in [3.8, 4) is 0 Å². The van der Waals surface area contributed by atoms with Crippen molar-refractivity contribution in [1.82, 2.24) is 5.32 Å². The molecule has 2 nitrogen and oxygen atoms in total. The highest BCUT2D eigenvalue weighted by Gasteiger charge is 2.30. The fourth-order valence-electron chi connectivity index (χ4n) is 3.40. The van der Waals surface area contributed by atoms with Crippen molar-refractivity contribution in [1.29, 1.82) is 0 Å². The van der Waals surface area contributed by atoms with Crippen LogP contribution in [0.4, 0.5) is 0 Å². The number of hydrogen-bond acceptors (Lipinski definition) is 3. The lowest BCUT2D eigenvalue weighted by Gasteiger charge is -2.30. The molecule has 2 aromatic carbocycles. The summed E-state index contributed by atoms with van der Waals surface area (Å²) in [5, 5.41) is 8.07. The summed E-state index contributed by atoms with van der Waals surface area (Å²) >= 11 is 1.86. The highest BCUT2D eigenvalue weighted by molar-refractivity contribution is 7.10. The summed E-state index contributed by atoms with van der Waals surface area (Å²) < 4.78 is 6.16. The van der Waals surface area contributed by atoms with Gasteiger partial charge in [-0.1, -0.05) is 42.5 Å². The standard InChI is InChI=1S/C19H19NOS/c1-20-11-18-16-9-10-22-19(16)17(12-21-18)15-8-4-6-13-5-2-3-7-14(13)15/h2-10,17-18,20H,11-12H2,1H3. The van der Waals surface area contributed by atoms with E-state index in [9.17, 15) is 0 Å². The average molecular weight is 309 g/mol. The quantitative estimate of drug-likeness (QED) is 0.778. The van der Waals surface area contributed by atoms with Crippen molar-refractivity contribution < 1.29 is 4.74 Å². The van der Waals surface area contributed by atoms with Crippen molar-refractivity contribution in [3.05, 3.63) is 69.9 Å². The summed E-state index contributed by atoms with van der Waals surface area (Å²) in [6.07, 6.45) is 0.178. The normalized spacial score (nSPS) is 21.0. The van der Waals surface area contributed by atoms with Gasteiger partial charge in [-0.25, -0.2) is 0 Å². The van der Waals surface area contributed by atoms with E-state index < -0.39 is 0 Å². The molecule has 1 aliphatic rings. The fraction of sp³-hybridized carbons (Fsp3) is 0.263. The molecule has 22 heavy (non-hydrogen) atoms. The van der Waals surface area contributed by atoms with Crippen molar-refractivity contribution >= 4 is 22.1 Å². The molecule has 0 saturated heterocycles. The van der Waals surface area contributed by atoms with Crippen LogP contribution in [0.5, 0.6) is 0 Å². The van der Waals surface area contributed by atoms with Gasteiger partial charge in [0.1, 0.15) is 0 Å². The number of rotatable bonds is 3. The van der Waals surface area contributed by atoms with Gasteiger partial charge in [0.2, 0.25) is 0 Å². The number of hydrogen-bond donors (Lipinski definition) is 1. The first-order chi connectivity index (χ1) is 10.9. The molecule has 0 radical (unpaired) electrons. The Morgan fingerprint density at radius 1 is 1.09 bits per heavy atom. The molecule has 2 atom stereocenters. The molecule has 0 bridgehead atoms. The van der Waals surface area contributed by atoms with Crippen LogP contribution in [-0.4, -0.2) is 20.2 Å². The lowest BCUT2D eigenvalue weighted by Crippen LogP contribution is -2.27. The van der Waals surface area contributed by atoms with Gasteiger partial charge in [-0.15, -0.1) is 11.3 Å². The fourth-order valence-corrected chi connectivity index (χ4v) is 4.45. The van der Waals surface area contributed by atoms with Crippen LogP contribution in [-0.2, 0) is 4.74 Å². The number of likely N-dealkylation sites (N-methyl/N-ethyl adjacent to an activating group) is 1. The average Bonchev–Trinajstić information content (AvgIpc) is 3.05. The summed E-state index contributed by atoms with van der Waals surface area (Å²) in [6, 6.07) is 17.4. The second-order valence-corrected chi connectivity index (χ2v) is 6.69. The van der Waals surface area contributed by atoms with Gasteiger partial charge < -0.3 is 10.1 Å². The van der Waals surface area contributed by atoms with Crippen LogP contribution in [0.1, 0.15) is 28.0 Å². The molecule has 3 heteroatoms. The summed E-state index contributed by atoms with van der Waals surface area (Å²) in [5.41, 5.74) is 2.73. The van der Waals surface area contributed by atoms with Gasteiger partial charge in [-0.05, 0) is 40.4 Å². The summed E-state index contributed by atoms with van der Waals surface area (Å²) in [5.74, 6) is 0.342. The van der Waals surface area contributed by atoms with Gasteiger partial charge in [-0.3, -0.25) is 0 Å². The van der Waals surface area contributed by atoms with Crippen LogP contribution in [0, 0.1) is 0 Å². The maximum atomic E-state index is 6.16. The van der Waals surface area contributed by atoms with E-state index in [2.05, 4.69) is 59.2 Å². The molecule has 0 amide bonds. The van der Waals surface area contributed by atoms with E-state index in [1.54, 1.807) is 0 Å². The Morgan fingerprint density at radius 3 is 2.86 bits per heavy atom. The zero-order valence-corrected chi connectivity index (χ0v) is 13.4. The van der Waals surface area contributed by atoms with E-state index >= 15 is 0 Å². The third kappa shape index (κ3) is 2.26. The van der Waals surface area contributed by atoms with Crippen LogP contribution in [0.2, 0.25) is 0 Å². The Labute approximate surface area is 134 Å². The second kappa shape index (κ2) is 5.84. The molecule has 112 valence electrons. The summed E-state index contributed by atoms with van der Waals surface area (Å²) in [6.45, 7) is 1.62. The zero-order valence-electron chi connectivity index (χ0n) is 12.6. The maximum absolute atomic E-state index is 6.16. The van der Waals surface area contributed by atoms with E-state index in [1.807, 2.05) is 18.4 Å². The largest absolute Gasteiger partial charge is 0.371 e. The first-order valence-corrected chi connectivity index (χ1v) is 8.57. The van der Waals surface area contributed by atoms with Crippen LogP contribution in [0.15, 0.2) is 53.9 Å². The van der Waals surface area contributed by atoms with Gasteiger partial charge in [0.15, 0.2) is 0 Å². The smallest absolute Gasteiger partial charge is 0.0960 e. The Balaban J connectivity index is 1.81. The Kier molecular flexibility index (Phi) is 3.70. The monoisotopic (exact) mass is 309 g/mol. The van der Waals surface area contributed by atoms with Crippen LogP contribution >= 0.6 is 11.3 Å². The van der Waals surface area contributed by atoms with E-state index in [-0.39, 0.29) is 6.10 Å². The molecular formula is C19H19NOS. The lowest BCUT2D eigenvalue weighted by molar-refractivity contribution is 0.0369. The van der Waals surface area contributed by atoms with Gasteiger partial charge in [-0.2, -0.15) is 0 Å². The summed E-state index contributed by atoms with van der Waals surface area (Å²) in [4.78, 5) is 1.46. The van der Waals surface area contributed by atoms with Crippen LogP contribution in [0.25, 0.3) is 10.8 Å². The number of benzene rings is 2. The first kappa shape index (κ1) is 13.9. The number of fused-ring (bicyclic) bond motifs is 2. The molecular weight excluding hydrogens is 290 g/mol. The highest BCUT2D eigenvalue weighted by atomic mass is 32.1. The topological polar surface area (TPSA) is 21.3 Å². The van der Waals surface area contributed by atoms with Gasteiger partial charge in [0.25, 0.3) is 0 Å². The molecule has 4 rings (SSSR count). The Bertz CT molecular complexity index is 789. The molecule has 0 fully saturated rings. The van der Waals surface area contributed by atoms with Crippen molar-refractivity contribution in [2.75, 3.05) is 20.2 Å². The Hall–Kier alpha value is -1.68. The molecule has 2 unspecified atom stereocenters. The van der Waals surface area contributed by atoms with E-state index in [0.717, 1.165) is 13.2 Å².